The normalized spacial score (nSPS) is 14.8. The molecule has 1 heterocycles. The van der Waals surface area contributed by atoms with E-state index >= 15 is 0 Å². The van der Waals surface area contributed by atoms with E-state index in [4.69, 9.17) is 9.47 Å². The highest BCUT2D eigenvalue weighted by Gasteiger charge is 2.24. The number of methoxy groups -OCH3 is 1. The van der Waals surface area contributed by atoms with Crippen molar-refractivity contribution in [2.45, 2.75) is 37.2 Å². The first kappa shape index (κ1) is 23.2. The Hall–Kier alpha value is -2.42. The molecule has 0 radical (unpaired) electrons. The number of nitrogens with one attached hydrogen (secondary N) is 1. The molecule has 7 nitrogen and oxygen atoms in total. The fourth-order valence-corrected chi connectivity index (χ4v) is 4.60. The van der Waals surface area contributed by atoms with Gasteiger partial charge in [0.15, 0.2) is 0 Å². The second-order valence-electron chi connectivity index (χ2n) is 7.50. The molecule has 0 saturated carbocycles. The molecule has 31 heavy (non-hydrogen) atoms. The first-order chi connectivity index (χ1) is 15.0. The van der Waals surface area contributed by atoms with Crippen LogP contribution in [0.4, 0.5) is 0 Å². The van der Waals surface area contributed by atoms with Crippen LogP contribution in [-0.2, 0) is 21.4 Å². The van der Waals surface area contributed by atoms with Crippen molar-refractivity contribution < 1.29 is 22.7 Å². The molecule has 1 saturated heterocycles. The third-order valence-corrected chi connectivity index (χ3v) is 6.71. The molecule has 0 atom stereocenters. The molecular formula is C23H30N2O5S. The van der Waals surface area contributed by atoms with Gasteiger partial charge in [0, 0.05) is 19.6 Å². The van der Waals surface area contributed by atoms with Gasteiger partial charge in [0.05, 0.1) is 30.8 Å². The van der Waals surface area contributed by atoms with Crippen LogP contribution < -0.4 is 9.46 Å². The summed E-state index contributed by atoms with van der Waals surface area (Å²) in [4.78, 5) is 14.9. The summed E-state index contributed by atoms with van der Waals surface area (Å²) in [6.45, 7) is 2.14. The van der Waals surface area contributed by atoms with Crippen LogP contribution in [0.2, 0.25) is 0 Å². The molecule has 0 aliphatic carbocycles. The number of benzene rings is 2. The van der Waals surface area contributed by atoms with Crippen LogP contribution in [0, 0.1) is 0 Å². The predicted molar refractivity (Wildman–Crippen MR) is 119 cm³/mol. The SMILES string of the molecule is COc1ccc(S(=O)(=O)NCCOCc2ccccc2)cc1C(=O)N1CCCCCC1. The number of sulfonamides is 1. The number of nitrogens with zero attached hydrogens (tertiary/aromatic N) is 1. The Morgan fingerprint density at radius 2 is 1.74 bits per heavy atom. The molecule has 8 heteroatoms. The van der Waals surface area contributed by atoms with Crippen molar-refractivity contribution in [1.29, 1.82) is 0 Å². The number of ether oxygens (including phenoxy) is 2. The van der Waals surface area contributed by atoms with E-state index in [9.17, 15) is 13.2 Å². The molecule has 1 fully saturated rings. The summed E-state index contributed by atoms with van der Waals surface area (Å²) in [5.41, 5.74) is 1.30. The molecule has 0 unspecified atom stereocenters. The Kier molecular flexibility index (Phi) is 8.45. The topological polar surface area (TPSA) is 84.9 Å². The first-order valence-electron chi connectivity index (χ1n) is 10.6. The lowest BCUT2D eigenvalue weighted by Gasteiger charge is -2.22. The standard InChI is InChI=1S/C23H30N2O5S/c1-29-22-12-11-20(17-21(22)23(26)25-14-7-2-3-8-15-25)31(27,28)24-13-16-30-18-19-9-5-4-6-10-19/h4-6,9-12,17,24H,2-3,7-8,13-16,18H2,1H3. The van der Waals surface area contributed by atoms with Crippen LogP contribution >= 0.6 is 0 Å². The van der Waals surface area contributed by atoms with Gasteiger partial charge in [-0.15, -0.1) is 0 Å². The van der Waals surface area contributed by atoms with Crippen LogP contribution in [0.3, 0.4) is 0 Å². The maximum atomic E-state index is 13.1. The molecule has 1 aliphatic heterocycles. The second kappa shape index (κ2) is 11.3. The van der Waals surface area contributed by atoms with Crippen LogP contribution in [-0.4, -0.2) is 52.6 Å². The van der Waals surface area contributed by atoms with E-state index in [-0.39, 0.29) is 29.5 Å². The van der Waals surface area contributed by atoms with Gasteiger partial charge in [-0.2, -0.15) is 0 Å². The zero-order valence-corrected chi connectivity index (χ0v) is 18.7. The highest BCUT2D eigenvalue weighted by atomic mass is 32.2. The monoisotopic (exact) mass is 446 g/mol. The molecule has 2 aromatic rings. The second-order valence-corrected chi connectivity index (χ2v) is 9.27. The summed E-state index contributed by atoms with van der Waals surface area (Å²) < 4.78 is 38.9. The number of hydrogen-bond donors (Lipinski definition) is 1. The molecule has 3 rings (SSSR count). The van der Waals surface area contributed by atoms with Gasteiger partial charge in [0.25, 0.3) is 5.91 Å². The van der Waals surface area contributed by atoms with Gasteiger partial charge in [-0.25, -0.2) is 13.1 Å². The van der Waals surface area contributed by atoms with E-state index < -0.39 is 10.0 Å². The largest absolute Gasteiger partial charge is 0.496 e. The van der Waals surface area contributed by atoms with Gasteiger partial charge in [-0.05, 0) is 36.6 Å². The summed E-state index contributed by atoms with van der Waals surface area (Å²) >= 11 is 0. The van der Waals surface area contributed by atoms with Crippen molar-refractivity contribution in [2.75, 3.05) is 33.4 Å². The van der Waals surface area contributed by atoms with E-state index in [1.807, 2.05) is 30.3 Å². The predicted octanol–water partition coefficient (Wildman–Crippen LogP) is 3.21. The molecule has 0 bridgehead atoms. The van der Waals surface area contributed by atoms with Crippen LogP contribution in [0.15, 0.2) is 53.4 Å². The maximum Gasteiger partial charge on any atom is 0.257 e. The summed E-state index contributed by atoms with van der Waals surface area (Å²) in [6.07, 6.45) is 4.12. The lowest BCUT2D eigenvalue weighted by molar-refractivity contribution is 0.0758. The molecule has 0 spiro atoms. The molecule has 1 amide bonds. The third-order valence-electron chi connectivity index (χ3n) is 5.25. The highest BCUT2D eigenvalue weighted by Crippen LogP contribution is 2.25. The zero-order chi connectivity index (χ0) is 22.1. The minimum Gasteiger partial charge on any atom is -0.496 e. The summed E-state index contributed by atoms with van der Waals surface area (Å²) in [6, 6.07) is 14.1. The number of carbonyl (C=O) groups is 1. The minimum atomic E-state index is -3.78. The van der Waals surface area contributed by atoms with E-state index in [2.05, 4.69) is 4.72 Å². The molecule has 0 aromatic heterocycles. The highest BCUT2D eigenvalue weighted by molar-refractivity contribution is 7.89. The smallest absolute Gasteiger partial charge is 0.257 e. The fraction of sp³-hybridized carbons (Fsp3) is 0.435. The molecular weight excluding hydrogens is 416 g/mol. The summed E-state index contributed by atoms with van der Waals surface area (Å²) in [5, 5.41) is 0. The van der Waals surface area contributed by atoms with Crippen molar-refractivity contribution in [3.05, 3.63) is 59.7 Å². The average molecular weight is 447 g/mol. The molecule has 168 valence electrons. The quantitative estimate of drug-likeness (QED) is 0.598. The van der Waals surface area contributed by atoms with Gasteiger partial charge < -0.3 is 14.4 Å². The van der Waals surface area contributed by atoms with E-state index in [0.29, 0.717) is 25.4 Å². The van der Waals surface area contributed by atoms with Gasteiger partial charge in [0.1, 0.15) is 5.75 Å². The van der Waals surface area contributed by atoms with Gasteiger partial charge in [-0.1, -0.05) is 43.2 Å². The Morgan fingerprint density at radius 1 is 1.03 bits per heavy atom. The number of amides is 1. The average Bonchev–Trinajstić information content (AvgIpc) is 3.08. The van der Waals surface area contributed by atoms with Crippen molar-refractivity contribution in [3.8, 4) is 5.75 Å². The fourth-order valence-electron chi connectivity index (χ4n) is 3.56. The van der Waals surface area contributed by atoms with Gasteiger partial charge in [0.2, 0.25) is 10.0 Å². The Balaban J connectivity index is 1.63. The van der Waals surface area contributed by atoms with Gasteiger partial charge >= 0.3 is 0 Å². The lowest BCUT2D eigenvalue weighted by atomic mass is 10.1. The van der Waals surface area contributed by atoms with Crippen LogP contribution in [0.5, 0.6) is 5.75 Å². The molecule has 1 N–H and O–H groups in total. The van der Waals surface area contributed by atoms with Crippen molar-refractivity contribution in [2.24, 2.45) is 0 Å². The minimum absolute atomic E-state index is 0.0366. The van der Waals surface area contributed by atoms with E-state index in [1.165, 1.54) is 25.3 Å². The van der Waals surface area contributed by atoms with Crippen molar-refractivity contribution >= 4 is 15.9 Å². The number of rotatable bonds is 9. The Labute approximate surface area is 184 Å². The number of hydrogen-bond acceptors (Lipinski definition) is 5. The molecule has 1 aliphatic rings. The third kappa shape index (κ3) is 6.53. The van der Waals surface area contributed by atoms with Crippen LogP contribution in [0.25, 0.3) is 0 Å². The van der Waals surface area contributed by atoms with E-state index in [1.54, 1.807) is 4.90 Å². The van der Waals surface area contributed by atoms with E-state index in [0.717, 1.165) is 31.2 Å². The van der Waals surface area contributed by atoms with Crippen molar-refractivity contribution in [1.82, 2.24) is 9.62 Å². The Morgan fingerprint density at radius 3 is 2.42 bits per heavy atom. The first-order valence-corrected chi connectivity index (χ1v) is 12.1. The zero-order valence-electron chi connectivity index (χ0n) is 17.9. The number of carbonyl (C=O) groups excluding carboxylic acids is 1. The summed E-state index contributed by atoms with van der Waals surface area (Å²) in [5.74, 6) is 0.182. The van der Waals surface area contributed by atoms with Gasteiger partial charge in [-0.3, -0.25) is 4.79 Å². The van der Waals surface area contributed by atoms with Crippen LogP contribution in [0.1, 0.15) is 41.6 Å². The number of likely N-dealkylation sites (tertiary alicyclic amines) is 1. The van der Waals surface area contributed by atoms with Crippen molar-refractivity contribution in [3.63, 3.8) is 0 Å². The lowest BCUT2D eigenvalue weighted by Crippen LogP contribution is -2.32. The Bertz CT molecular complexity index is 955. The maximum absolute atomic E-state index is 13.1. The molecule has 2 aromatic carbocycles. The summed E-state index contributed by atoms with van der Waals surface area (Å²) in [7, 11) is -2.30.